The van der Waals surface area contributed by atoms with Crippen LogP contribution in [0.1, 0.15) is 34.2 Å². The third-order valence-electron chi connectivity index (χ3n) is 5.16. The second-order valence-electron chi connectivity index (χ2n) is 7.46. The number of anilines is 1. The van der Waals surface area contributed by atoms with Crippen LogP contribution in [0, 0.1) is 13.8 Å². The van der Waals surface area contributed by atoms with Crippen molar-refractivity contribution in [3.8, 4) is 11.3 Å². The van der Waals surface area contributed by atoms with E-state index in [9.17, 15) is 9.59 Å². The number of hydrogen-bond donors (Lipinski definition) is 2. The Kier molecular flexibility index (Phi) is 5.45. The van der Waals surface area contributed by atoms with E-state index in [4.69, 9.17) is 4.42 Å². The second-order valence-corrected chi connectivity index (χ2v) is 10.4. The molecule has 1 aliphatic rings. The molecule has 4 aromatic heterocycles. The van der Waals surface area contributed by atoms with Crippen molar-refractivity contribution >= 4 is 55.7 Å². The second kappa shape index (κ2) is 8.25. The van der Waals surface area contributed by atoms with Crippen LogP contribution in [0.15, 0.2) is 20.7 Å². The molecule has 0 bridgehead atoms. The number of thioether (sulfide) groups is 1. The Morgan fingerprint density at radius 2 is 2.19 bits per heavy atom. The topological polar surface area (TPSA) is 101 Å². The fourth-order valence-electron chi connectivity index (χ4n) is 3.85. The Labute approximate surface area is 190 Å². The van der Waals surface area contributed by atoms with Crippen molar-refractivity contribution in [2.45, 2.75) is 38.9 Å². The van der Waals surface area contributed by atoms with Gasteiger partial charge in [-0.25, -0.2) is 9.97 Å². The van der Waals surface area contributed by atoms with E-state index in [1.807, 2.05) is 25.3 Å². The van der Waals surface area contributed by atoms with Gasteiger partial charge in [-0.05, 0) is 44.7 Å². The first-order valence-electron chi connectivity index (χ1n) is 9.92. The maximum atomic E-state index is 12.5. The van der Waals surface area contributed by atoms with Gasteiger partial charge in [-0.2, -0.15) is 0 Å². The number of fused-ring (bicyclic) bond motifs is 3. The lowest BCUT2D eigenvalue weighted by atomic mass is 10.2. The lowest BCUT2D eigenvalue weighted by Crippen LogP contribution is -2.15. The van der Waals surface area contributed by atoms with Crippen molar-refractivity contribution in [3.05, 3.63) is 49.6 Å². The number of carbonyl (C=O) groups excluding carboxylic acids is 1. The van der Waals surface area contributed by atoms with Gasteiger partial charge in [-0.15, -0.1) is 34.4 Å². The van der Waals surface area contributed by atoms with Gasteiger partial charge >= 0.3 is 0 Å². The molecule has 1 aliphatic carbocycles. The van der Waals surface area contributed by atoms with Gasteiger partial charge in [0.15, 0.2) is 5.13 Å². The van der Waals surface area contributed by atoms with Gasteiger partial charge in [0.25, 0.3) is 5.56 Å². The summed E-state index contributed by atoms with van der Waals surface area (Å²) in [4.78, 5) is 38.9. The summed E-state index contributed by atoms with van der Waals surface area (Å²) in [6, 6.07) is 1.94. The van der Waals surface area contributed by atoms with Gasteiger partial charge in [0.2, 0.25) is 5.91 Å². The van der Waals surface area contributed by atoms with Crippen LogP contribution in [-0.2, 0) is 23.4 Å². The molecule has 5 rings (SSSR count). The number of aromatic nitrogens is 3. The predicted molar refractivity (Wildman–Crippen MR) is 126 cm³/mol. The van der Waals surface area contributed by atoms with Gasteiger partial charge in [-0.1, -0.05) is 0 Å². The van der Waals surface area contributed by atoms with Crippen LogP contribution in [0.3, 0.4) is 0 Å². The largest absolute Gasteiger partial charge is 0.466 e. The molecule has 0 aliphatic heterocycles. The molecule has 0 aromatic carbocycles. The zero-order valence-electron chi connectivity index (χ0n) is 17.0. The Morgan fingerprint density at radius 3 is 3.00 bits per heavy atom. The normalized spacial score (nSPS) is 13.1. The maximum Gasteiger partial charge on any atom is 0.259 e. The summed E-state index contributed by atoms with van der Waals surface area (Å²) in [5.74, 6) is 2.84. The number of nitrogens with zero attached hydrogens (tertiary/aromatic N) is 2. The summed E-state index contributed by atoms with van der Waals surface area (Å²) >= 11 is 4.42. The van der Waals surface area contributed by atoms with Gasteiger partial charge < -0.3 is 14.7 Å². The zero-order valence-corrected chi connectivity index (χ0v) is 19.5. The number of carbonyl (C=O) groups is 1. The molecule has 0 unspecified atom stereocenters. The third-order valence-corrected chi connectivity index (χ3v) is 8.05. The maximum absolute atomic E-state index is 12.5. The SMILES string of the molecule is Cc1cc(-c2csc(NC(=O)CSCc3nc4sc5c(c4c(=O)[nH]3)CCC5)n2)c(C)o1. The number of aryl methyl sites for hydroxylation is 4. The van der Waals surface area contributed by atoms with Crippen molar-refractivity contribution < 1.29 is 9.21 Å². The van der Waals surface area contributed by atoms with Crippen molar-refractivity contribution in [2.24, 2.45) is 0 Å². The highest BCUT2D eigenvalue weighted by atomic mass is 32.2. The highest BCUT2D eigenvalue weighted by Crippen LogP contribution is 2.34. The first kappa shape index (κ1) is 20.5. The quantitative estimate of drug-likeness (QED) is 0.423. The molecular weight excluding hydrogens is 452 g/mol. The minimum absolute atomic E-state index is 0.0652. The molecule has 10 heteroatoms. The van der Waals surface area contributed by atoms with E-state index in [2.05, 4.69) is 20.3 Å². The summed E-state index contributed by atoms with van der Waals surface area (Å²) in [6.45, 7) is 3.80. The molecular formula is C21H20N4O3S3. The molecule has 4 heterocycles. The monoisotopic (exact) mass is 472 g/mol. The van der Waals surface area contributed by atoms with Crippen molar-refractivity contribution in [1.82, 2.24) is 15.0 Å². The summed E-state index contributed by atoms with van der Waals surface area (Å²) in [5, 5.41) is 6.06. The molecule has 160 valence electrons. The fraction of sp³-hybridized carbons (Fsp3) is 0.333. The number of H-pyrrole nitrogens is 1. The molecule has 1 amide bonds. The van der Waals surface area contributed by atoms with Gasteiger partial charge in [0.1, 0.15) is 22.2 Å². The van der Waals surface area contributed by atoms with E-state index in [0.717, 1.165) is 52.3 Å². The van der Waals surface area contributed by atoms with Crippen molar-refractivity contribution in [3.63, 3.8) is 0 Å². The molecule has 0 fully saturated rings. The van der Waals surface area contributed by atoms with Crippen molar-refractivity contribution in [1.29, 1.82) is 0 Å². The van der Waals surface area contributed by atoms with E-state index in [1.54, 1.807) is 11.3 Å². The molecule has 0 radical (unpaired) electrons. The number of thiophene rings is 1. The standard InChI is InChI=1S/C21H20N4O3S3/c1-10-6-13(11(2)28-10)14-7-30-21(22-14)25-17(26)9-29-8-16-23-19(27)18-12-4-3-5-15(12)31-20(18)24-16/h6-7H,3-5,8-9H2,1-2H3,(H,22,25,26)(H,23,24,27). The van der Waals surface area contributed by atoms with E-state index >= 15 is 0 Å². The minimum atomic E-state index is -0.135. The van der Waals surface area contributed by atoms with Crippen LogP contribution in [0.4, 0.5) is 5.13 Å². The molecule has 0 saturated heterocycles. The highest BCUT2D eigenvalue weighted by molar-refractivity contribution is 7.99. The Bertz CT molecular complexity index is 1350. The van der Waals surface area contributed by atoms with E-state index in [0.29, 0.717) is 16.7 Å². The molecule has 0 atom stereocenters. The fourth-order valence-corrected chi connectivity index (χ4v) is 6.55. The average molecular weight is 473 g/mol. The number of nitrogens with one attached hydrogen (secondary N) is 2. The highest BCUT2D eigenvalue weighted by Gasteiger charge is 2.21. The van der Waals surface area contributed by atoms with Gasteiger partial charge in [0.05, 0.1) is 22.6 Å². The molecule has 0 spiro atoms. The van der Waals surface area contributed by atoms with Crippen molar-refractivity contribution in [2.75, 3.05) is 11.1 Å². The number of amides is 1. The van der Waals surface area contributed by atoms with Crippen LogP contribution < -0.4 is 10.9 Å². The summed E-state index contributed by atoms with van der Waals surface area (Å²) in [6.07, 6.45) is 3.12. The van der Waals surface area contributed by atoms with E-state index < -0.39 is 0 Å². The average Bonchev–Trinajstić information content (AvgIpc) is 3.46. The first-order valence-corrected chi connectivity index (χ1v) is 12.8. The molecule has 0 saturated carbocycles. The number of hydrogen-bond acceptors (Lipinski definition) is 8. The smallest absolute Gasteiger partial charge is 0.259 e. The lowest BCUT2D eigenvalue weighted by molar-refractivity contribution is -0.113. The molecule has 7 nitrogen and oxygen atoms in total. The molecule has 4 aromatic rings. The molecule has 2 N–H and O–H groups in total. The number of aromatic amines is 1. The zero-order chi connectivity index (χ0) is 21.5. The van der Waals surface area contributed by atoms with Crippen LogP contribution in [-0.4, -0.2) is 26.6 Å². The Balaban J connectivity index is 1.19. The lowest BCUT2D eigenvalue weighted by Gasteiger charge is -2.03. The van der Waals surface area contributed by atoms with Gasteiger partial charge in [-0.3, -0.25) is 9.59 Å². The number of furan rings is 1. The van der Waals surface area contributed by atoms with Crippen LogP contribution in [0.5, 0.6) is 0 Å². The molecule has 31 heavy (non-hydrogen) atoms. The van der Waals surface area contributed by atoms with Crippen LogP contribution in [0.2, 0.25) is 0 Å². The summed E-state index contributed by atoms with van der Waals surface area (Å²) in [5.41, 5.74) is 2.84. The summed E-state index contributed by atoms with van der Waals surface area (Å²) < 4.78 is 5.55. The number of rotatable bonds is 6. The first-order chi connectivity index (χ1) is 15.0. The van der Waals surface area contributed by atoms with Crippen LogP contribution in [0.25, 0.3) is 21.5 Å². The minimum Gasteiger partial charge on any atom is -0.466 e. The Morgan fingerprint density at radius 1 is 1.32 bits per heavy atom. The number of thiazole rings is 1. The van der Waals surface area contributed by atoms with E-state index in [1.165, 1.54) is 33.5 Å². The van der Waals surface area contributed by atoms with Gasteiger partial charge in [0, 0.05) is 15.8 Å². The van der Waals surface area contributed by atoms with E-state index in [-0.39, 0.29) is 17.2 Å². The predicted octanol–water partition coefficient (Wildman–Crippen LogP) is 4.68. The van der Waals surface area contributed by atoms with Crippen LogP contribution >= 0.6 is 34.4 Å². The summed E-state index contributed by atoms with van der Waals surface area (Å²) in [7, 11) is 0. The third kappa shape index (κ3) is 4.07. The Hall–Kier alpha value is -2.43.